The fraction of sp³-hybridized carbons (Fsp3) is 0.200. The number of ether oxygens (including phenoxy) is 1. The molecule has 0 saturated carbocycles. The molecule has 0 saturated heterocycles. The summed E-state index contributed by atoms with van der Waals surface area (Å²) in [5, 5.41) is 13.7. The highest BCUT2D eigenvalue weighted by Crippen LogP contribution is 2.31. The van der Waals surface area contributed by atoms with Crippen molar-refractivity contribution in [3.8, 4) is 11.8 Å². The first-order valence-corrected chi connectivity index (χ1v) is 4.43. The van der Waals surface area contributed by atoms with Gasteiger partial charge in [0, 0.05) is 5.39 Å². The van der Waals surface area contributed by atoms with Gasteiger partial charge in [-0.3, -0.25) is 0 Å². The number of hydrogen-bond acceptors (Lipinski definition) is 4. The summed E-state index contributed by atoms with van der Waals surface area (Å²) in [4.78, 5) is 0. The van der Waals surface area contributed by atoms with Gasteiger partial charge in [0.2, 0.25) is 0 Å². The zero-order valence-electron chi connectivity index (χ0n) is 8.27. The Kier molecular flexibility index (Phi) is 2.18. The monoisotopic (exact) mass is 202 g/mol. The van der Waals surface area contributed by atoms with Gasteiger partial charge >= 0.3 is 0 Å². The lowest BCUT2D eigenvalue weighted by Gasteiger charge is -2.07. The Bertz CT molecular complexity index is 538. The van der Waals surface area contributed by atoms with Crippen LogP contribution in [0.3, 0.4) is 0 Å². The molecule has 0 bridgehead atoms. The fourth-order valence-electron chi connectivity index (χ4n) is 1.56. The molecule has 76 valence electrons. The topological polar surface area (TPSA) is 76.9 Å². The van der Waals surface area contributed by atoms with Crippen molar-refractivity contribution in [1.29, 1.82) is 5.26 Å². The second-order valence-electron chi connectivity index (χ2n) is 3.09. The van der Waals surface area contributed by atoms with E-state index in [0.717, 1.165) is 10.9 Å². The van der Waals surface area contributed by atoms with E-state index >= 15 is 0 Å². The van der Waals surface area contributed by atoms with Gasteiger partial charge < -0.3 is 10.5 Å². The summed E-state index contributed by atoms with van der Waals surface area (Å²) in [6.45, 7) is 0.184. The number of nitrogen functional groups attached to an aromatic ring is 1. The van der Waals surface area contributed by atoms with Gasteiger partial charge in [0.15, 0.2) is 5.75 Å². The van der Waals surface area contributed by atoms with E-state index in [-0.39, 0.29) is 6.54 Å². The van der Waals surface area contributed by atoms with Crippen molar-refractivity contribution in [2.75, 3.05) is 12.8 Å². The van der Waals surface area contributed by atoms with Crippen LogP contribution in [-0.2, 0) is 6.54 Å². The van der Waals surface area contributed by atoms with Crippen molar-refractivity contribution < 1.29 is 4.74 Å². The molecular weight excluding hydrogens is 192 g/mol. The Labute approximate surface area is 86.7 Å². The van der Waals surface area contributed by atoms with E-state index in [9.17, 15) is 0 Å². The summed E-state index contributed by atoms with van der Waals surface area (Å²) in [5.41, 5.74) is 7.08. The number of nitrogens with zero attached hydrogens (tertiary/aromatic N) is 3. The largest absolute Gasteiger partial charge is 0.492 e. The summed E-state index contributed by atoms with van der Waals surface area (Å²) in [6, 6.07) is 5.66. The number of rotatable bonds is 2. The van der Waals surface area contributed by atoms with Gasteiger partial charge in [0.1, 0.15) is 12.1 Å². The lowest BCUT2D eigenvalue weighted by atomic mass is 10.2. The SMILES string of the molecule is COc1c(N)ccc2cnn(CC#N)c12. The average molecular weight is 202 g/mol. The summed E-state index contributed by atoms with van der Waals surface area (Å²) < 4.78 is 6.78. The number of methoxy groups -OCH3 is 1. The Morgan fingerprint density at radius 1 is 1.60 bits per heavy atom. The summed E-state index contributed by atoms with van der Waals surface area (Å²) in [5.74, 6) is 0.570. The highest BCUT2D eigenvalue weighted by atomic mass is 16.5. The number of hydrogen-bond donors (Lipinski definition) is 1. The number of aromatic nitrogens is 2. The van der Waals surface area contributed by atoms with Gasteiger partial charge in [-0.15, -0.1) is 0 Å². The first kappa shape index (κ1) is 9.34. The predicted molar refractivity (Wildman–Crippen MR) is 56.3 cm³/mol. The minimum atomic E-state index is 0.184. The molecule has 0 atom stereocenters. The first-order valence-electron chi connectivity index (χ1n) is 4.43. The molecule has 1 aromatic heterocycles. The molecule has 15 heavy (non-hydrogen) atoms. The van der Waals surface area contributed by atoms with Crippen LogP contribution >= 0.6 is 0 Å². The quantitative estimate of drug-likeness (QED) is 0.741. The standard InChI is InChI=1S/C10H10N4O/c1-15-10-8(12)3-2-7-6-13-14(5-4-11)9(7)10/h2-3,6H,5,12H2,1H3. The molecule has 2 aromatic rings. The Hall–Kier alpha value is -2.22. The predicted octanol–water partition coefficient (Wildman–Crippen LogP) is 1.15. The van der Waals surface area contributed by atoms with Crippen molar-refractivity contribution in [2.24, 2.45) is 0 Å². The van der Waals surface area contributed by atoms with Gasteiger partial charge in [-0.1, -0.05) is 0 Å². The fourth-order valence-corrected chi connectivity index (χ4v) is 1.56. The summed E-state index contributed by atoms with van der Waals surface area (Å²) in [7, 11) is 1.55. The lowest BCUT2D eigenvalue weighted by molar-refractivity contribution is 0.419. The van der Waals surface area contributed by atoms with Crippen molar-refractivity contribution in [2.45, 2.75) is 6.54 Å². The Balaban J connectivity index is 2.76. The summed E-state index contributed by atoms with van der Waals surface area (Å²) in [6.07, 6.45) is 1.69. The van der Waals surface area contributed by atoms with Crippen LogP contribution in [0.15, 0.2) is 18.3 Å². The maximum Gasteiger partial charge on any atom is 0.167 e. The second-order valence-corrected chi connectivity index (χ2v) is 3.09. The third kappa shape index (κ3) is 1.36. The number of nitriles is 1. The summed E-state index contributed by atoms with van der Waals surface area (Å²) >= 11 is 0. The van der Waals surface area contributed by atoms with Crippen molar-refractivity contribution in [3.63, 3.8) is 0 Å². The van der Waals surface area contributed by atoms with E-state index in [2.05, 4.69) is 5.10 Å². The molecule has 5 nitrogen and oxygen atoms in total. The third-order valence-electron chi connectivity index (χ3n) is 2.21. The maximum atomic E-state index is 8.65. The molecule has 0 amide bonds. The number of nitrogens with two attached hydrogens (primary N) is 1. The van der Waals surface area contributed by atoms with Crippen LogP contribution in [0.5, 0.6) is 5.75 Å². The van der Waals surface area contributed by atoms with E-state index in [0.29, 0.717) is 11.4 Å². The van der Waals surface area contributed by atoms with Crippen LogP contribution in [0, 0.1) is 11.3 Å². The number of fused-ring (bicyclic) bond motifs is 1. The molecular formula is C10H10N4O. The van der Waals surface area contributed by atoms with Gasteiger partial charge in [-0.05, 0) is 12.1 Å². The minimum Gasteiger partial charge on any atom is -0.492 e. The molecule has 0 aliphatic rings. The highest BCUT2D eigenvalue weighted by Gasteiger charge is 2.11. The zero-order chi connectivity index (χ0) is 10.8. The van der Waals surface area contributed by atoms with Crippen molar-refractivity contribution >= 4 is 16.6 Å². The smallest absolute Gasteiger partial charge is 0.167 e. The second kappa shape index (κ2) is 3.50. The molecule has 2 rings (SSSR count). The Morgan fingerprint density at radius 2 is 2.40 bits per heavy atom. The Morgan fingerprint density at radius 3 is 3.07 bits per heavy atom. The highest BCUT2D eigenvalue weighted by molar-refractivity contribution is 5.89. The molecule has 0 aliphatic carbocycles. The minimum absolute atomic E-state index is 0.184. The molecule has 0 spiro atoms. The molecule has 0 radical (unpaired) electrons. The van der Waals surface area contributed by atoms with Crippen LogP contribution in [0.4, 0.5) is 5.69 Å². The zero-order valence-corrected chi connectivity index (χ0v) is 8.27. The van der Waals surface area contributed by atoms with E-state index < -0.39 is 0 Å². The normalized spacial score (nSPS) is 10.1. The molecule has 1 heterocycles. The van der Waals surface area contributed by atoms with E-state index in [1.54, 1.807) is 24.1 Å². The van der Waals surface area contributed by atoms with Gasteiger partial charge in [-0.2, -0.15) is 10.4 Å². The first-order chi connectivity index (χ1) is 7.27. The van der Waals surface area contributed by atoms with Crippen LogP contribution in [0.2, 0.25) is 0 Å². The van der Waals surface area contributed by atoms with Crippen molar-refractivity contribution in [3.05, 3.63) is 18.3 Å². The number of benzene rings is 1. The molecule has 1 aromatic carbocycles. The molecule has 0 fully saturated rings. The van der Waals surface area contributed by atoms with Crippen LogP contribution in [-0.4, -0.2) is 16.9 Å². The van der Waals surface area contributed by atoms with Gasteiger partial charge in [0.05, 0.1) is 25.1 Å². The lowest BCUT2D eigenvalue weighted by Crippen LogP contribution is -2.00. The van der Waals surface area contributed by atoms with Gasteiger partial charge in [-0.25, -0.2) is 4.68 Å². The van der Waals surface area contributed by atoms with E-state index in [1.807, 2.05) is 12.1 Å². The number of anilines is 1. The molecule has 2 N–H and O–H groups in total. The van der Waals surface area contributed by atoms with Crippen LogP contribution < -0.4 is 10.5 Å². The van der Waals surface area contributed by atoms with Gasteiger partial charge in [0.25, 0.3) is 0 Å². The van der Waals surface area contributed by atoms with Crippen molar-refractivity contribution in [1.82, 2.24) is 9.78 Å². The molecule has 0 aliphatic heterocycles. The molecule has 5 heteroatoms. The van der Waals surface area contributed by atoms with Crippen LogP contribution in [0.1, 0.15) is 0 Å². The van der Waals surface area contributed by atoms with E-state index in [4.69, 9.17) is 15.7 Å². The maximum absolute atomic E-state index is 8.65. The van der Waals surface area contributed by atoms with E-state index in [1.165, 1.54) is 0 Å². The molecule has 0 unspecified atom stereocenters. The third-order valence-corrected chi connectivity index (χ3v) is 2.21. The average Bonchev–Trinajstić information content (AvgIpc) is 2.63. The van der Waals surface area contributed by atoms with Crippen LogP contribution in [0.25, 0.3) is 10.9 Å².